The Morgan fingerprint density at radius 1 is 1.14 bits per heavy atom. The van der Waals surface area contributed by atoms with Gasteiger partial charge in [-0.1, -0.05) is 6.08 Å². The summed E-state index contributed by atoms with van der Waals surface area (Å²) in [6.45, 7) is 3.90. The summed E-state index contributed by atoms with van der Waals surface area (Å²) in [5.74, 6) is -1.44. The smallest absolute Gasteiger partial charge is 0.309 e. The molecule has 2 amide bonds. The van der Waals surface area contributed by atoms with Gasteiger partial charge in [0.05, 0.1) is 11.4 Å². The molecule has 2 heterocycles. The Hall–Kier alpha value is -2.25. The second-order valence-corrected chi connectivity index (χ2v) is 6.24. The molecule has 2 rings (SSSR count). The highest BCUT2D eigenvalue weighted by Gasteiger charge is 2.14. The van der Waals surface area contributed by atoms with Crippen molar-refractivity contribution in [3.63, 3.8) is 0 Å². The van der Waals surface area contributed by atoms with E-state index in [9.17, 15) is 14.4 Å². The first kappa shape index (κ1) is 16.1. The molecule has 0 saturated heterocycles. The van der Waals surface area contributed by atoms with Crippen LogP contribution in [0, 0.1) is 0 Å². The highest BCUT2D eigenvalue weighted by atomic mass is 32.1. The number of amides is 2. The number of nitrogens with one attached hydrogen (secondary N) is 2. The van der Waals surface area contributed by atoms with E-state index in [-0.39, 0.29) is 18.9 Å². The lowest BCUT2D eigenvalue weighted by molar-refractivity contribution is -0.139. The van der Waals surface area contributed by atoms with Crippen LogP contribution in [-0.2, 0) is 16.1 Å². The standard InChI is InChI=1S/C15H14N2O3S2/c1-2-6-16-14(19)15(20)17-8-11-3-4-12(22-11)13(18)10-5-7-21-9-10/h2-5,7,9H,1,6,8H2,(H,16,19)(H,17,20). The third-order valence-electron chi connectivity index (χ3n) is 2.71. The van der Waals surface area contributed by atoms with Crippen LogP contribution in [0.4, 0.5) is 0 Å². The molecule has 0 spiro atoms. The highest BCUT2D eigenvalue weighted by Crippen LogP contribution is 2.21. The predicted molar refractivity (Wildman–Crippen MR) is 87.1 cm³/mol. The first-order valence-corrected chi connectivity index (χ1v) is 8.20. The second-order valence-electron chi connectivity index (χ2n) is 4.29. The van der Waals surface area contributed by atoms with Gasteiger partial charge in [0.2, 0.25) is 5.78 Å². The fraction of sp³-hybridized carbons (Fsp3) is 0.133. The zero-order chi connectivity index (χ0) is 15.9. The van der Waals surface area contributed by atoms with Gasteiger partial charge in [0.1, 0.15) is 0 Å². The minimum absolute atomic E-state index is 0.0347. The molecule has 2 N–H and O–H groups in total. The average molecular weight is 334 g/mol. The van der Waals surface area contributed by atoms with Crippen molar-refractivity contribution in [3.05, 3.63) is 56.9 Å². The van der Waals surface area contributed by atoms with Crippen molar-refractivity contribution in [1.29, 1.82) is 0 Å². The van der Waals surface area contributed by atoms with Crippen molar-refractivity contribution < 1.29 is 14.4 Å². The molecular formula is C15H14N2O3S2. The Morgan fingerprint density at radius 2 is 1.91 bits per heavy atom. The molecule has 2 aromatic heterocycles. The number of rotatable bonds is 6. The van der Waals surface area contributed by atoms with Crippen molar-refractivity contribution in [2.45, 2.75) is 6.54 Å². The molecule has 0 unspecified atom stereocenters. The number of hydrogen-bond donors (Lipinski definition) is 2. The van der Waals surface area contributed by atoms with Crippen LogP contribution in [0.5, 0.6) is 0 Å². The molecule has 0 radical (unpaired) electrons. The second kappa shape index (κ2) is 7.67. The summed E-state index contributed by atoms with van der Waals surface area (Å²) < 4.78 is 0. The number of hydrogen-bond acceptors (Lipinski definition) is 5. The predicted octanol–water partition coefficient (Wildman–Crippen LogP) is 1.96. The van der Waals surface area contributed by atoms with Gasteiger partial charge in [-0.3, -0.25) is 14.4 Å². The van der Waals surface area contributed by atoms with Crippen LogP contribution in [0.3, 0.4) is 0 Å². The summed E-state index contributed by atoms with van der Waals surface area (Å²) in [6, 6.07) is 5.27. The van der Waals surface area contributed by atoms with Crippen LogP contribution in [0.15, 0.2) is 41.6 Å². The quantitative estimate of drug-likeness (QED) is 0.482. The third kappa shape index (κ3) is 4.12. The Labute approximate surface area is 135 Å². The number of carbonyl (C=O) groups is 3. The summed E-state index contributed by atoms with van der Waals surface area (Å²) in [7, 11) is 0. The van der Waals surface area contributed by atoms with Gasteiger partial charge >= 0.3 is 11.8 Å². The highest BCUT2D eigenvalue weighted by molar-refractivity contribution is 7.14. The fourth-order valence-electron chi connectivity index (χ4n) is 1.62. The van der Waals surface area contributed by atoms with Gasteiger partial charge < -0.3 is 10.6 Å². The van der Waals surface area contributed by atoms with Crippen molar-refractivity contribution in [2.75, 3.05) is 6.54 Å². The minimum Gasteiger partial charge on any atom is -0.344 e. The maximum atomic E-state index is 12.1. The SMILES string of the molecule is C=CCNC(=O)C(=O)NCc1ccc(C(=O)c2ccsc2)s1. The van der Waals surface area contributed by atoms with Gasteiger partial charge in [0, 0.05) is 22.4 Å². The van der Waals surface area contributed by atoms with E-state index in [0.717, 1.165) is 4.88 Å². The molecule has 2 aromatic rings. The summed E-state index contributed by atoms with van der Waals surface area (Å²) >= 11 is 2.77. The van der Waals surface area contributed by atoms with E-state index >= 15 is 0 Å². The van der Waals surface area contributed by atoms with E-state index in [1.807, 2.05) is 5.38 Å². The zero-order valence-electron chi connectivity index (χ0n) is 11.6. The molecule has 0 aliphatic carbocycles. The molecule has 5 nitrogen and oxygen atoms in total. The molecule has 22 heavy (non-hydrogen) atoms. The number of thiophene rings is 2. The topological polar surface area (TPSA) is 75.3 Å². The lowest BCUT2D eigenvalue weighted by Crippen LogP contribution is -2.39. The van der Waals surface area contributed by atoms with E-state index in [1.54, 1.807) is 23.6 Å². The summed E-state index contributed by atoms with van der Waals surface area (Å²) in [5, 5.41) is 8.55. The lowest BCUT2D eigenvalue weighted by atomic mass is 10.2. The molecule has 0 fully saturated rings. The van der Waals surface area contributed by atoms with Crippen LogP contribution in [0.25, 0.3) is 0 Å². The fourth-order valence-corrected chi connectivity index (χ4v) is 3.17. The molecule has 0 aromatic carbocycles. The number of ketones is 1. The summed E-state index contributed by atoms with van der Waals surface area (Å²) in [4.78, 5) is 36.5. The molecule has 0 bridgehead atoms. The van der Waals surface area contributed by atoms with Crippen LogP contribution in [0.1, 0.15) is 20.1 Å². The van der Waals surface area contributed by atoms with Gasteiger partial charge in [0.15, 0.2) is 0 Å². The normalized spacial score (nSPS) is 10.0. The first-order chi connectivity index (χ1) is 10.6. The van der Waals surface area contributed by atoms with E-state index in [2.05, 4.69) is 17.2 Å². The van der Waals surface area contributed by atoms with E-state index in [1.165, 1.54) is 28.7 Å². The Kier molecular flexibility index (Phi) is 5.62. The third-order valence-corrected chi connectivity index (χ3v) is 4.47. The van der Waals surface area contributed by atoms with Crippen LogP contribution < -0.4 is 10.6 Å². The van der Waals surface area contributed by atoms with Gasteiger partial charge in [-0.25, -0.2) is 0 Å². The van der Waals surface area contributed by atoms with Crippen molar-refractivity contribution in [2.24, 2.45) is 0 Å². The molecule has 0 aliphatic heterocycles. The van der Waals surface area contributed by atoms with Crippen LogP contribution >= 0.6 is 22.7 Å². The number of carbonyl (C=O) groups excluding carboxylic acids is 3. The Balaban J connectivity index is 1.90. The lowest BCUT2D eigenvalue weighted by Gasteiger charge is -2.03. The van der Waals surface area contributed by atoms with Gasteiger partial charge in [-0.05, 0) is 23.6 Å². The van der Waals surface area contributed by atoms with Gasteiger partial charge in [-0.2, -0.15) is 11.3 Å². The maximum absolute atomic E-state index is 12.1. The Bertz CT molecular complexity index is 689. The average Bonchev–Trinajstić information content (AvgIpc) is 3.20. The van der Waals surface area contributed by atoms with Gasteiger partial charge in [-0.15, -0.1) is 17.9 Å². The van der Waals surface area contributed by atoms with Crippen molar-refractivity contribution >= 4 is 40.3 Å². The zero-order valence-corrected chi connectivity index (χ0v) is 13.3. The van der Waals surface area contributed by atoms with Crippen molar-refractivity contribution in [1.82, 2.24) is 10.6 Å². The first-order valence-electron chi connectivity index (χ1n) is 6.44. The largest absolute Gasteiger partial charge is 0.344 e. The van der Waals surface area contributed by atoms with E-state index < -0.39 is 11.8 Å². The van der Waals surface area contributed by atoms with E-state index in [0.29, 0.717) is 10.4 Å². The summed E-state index contributed by atoms with van der Waals surface area (Å²) in [6.07, 6.45) is 1.49. The van der Waals surface area contributed by atoms with Gasteiger partial charge in [0.25, 0.3) is 0 Å². The Morgan fingerprint density at radius 3 is 2.59 bits per heavy atom. The minimum atomic E-state index is -0.707. The van der Waals surface area contributed by atoms with Crippen molar-refractivity contribution in [3.8, 4) is 0 Å². The monoisotopic (exact) mass is 334 g/mol. The van der Waals surface area contributed by atoms with E-state index in [4.69, 9.17) is 0 Å². The molecule has 0 saturated carbocycles. The molecule has 0 atom stereocenters. The molecule has 7 heteroatoms. The van der Waals surface area contributed by atoms with Crippen LogP contribution in [0.2, 0.25) is 0 Å². The molecule has 0 aliphatic rings. The summed E-state index contributed by atoms with van der Waals surface area (Å²) in [5.41, 5.74) is 0.659. The maximum Gasteiger partial charge on any atom is 0.309 e. The molecular weight excluding hydrogens is 320 g/mol. The molecule has 114 valence electrons. The van der Waals surface area contributed by atoms with Crippen LogP contribution in [-0.4, -0.2) is 24.1 Å².